The molecule has 1 aromatic carbocycles. The van der Waals surface area contributed by atoms with Crippen molar-refractivity contribution in [2.24, 2.45) is 0 Å². The maximum absolute atomic E-state index is 12.2. The van der Waals surface area contributed by atoms with Gasteiger partial charge in [0.05, 0.1) is 11.5 Å². The molecule has 2 aliphatic rings. The zero-order chi connectivity index (χ0) is 17.9. The highest BCUT2D eigenvalue weighted by molar-refractivity contribution is 7.99. The lowest BCUT2D eigenvalue weighted by atomic mass is 10.0. The first-order valence-corrected chi connectivity index (χ1v) is 11.7. The van der Waals surface area contributed by atoms with Crippen LogP contribution in [0.2, 0.25) is 0 Å². The van der Waals surface area contributed by atoms with Gasteiger partial charge in [-0.05, 0) is 26.0 Å². The van der Waals surface area contributed by atoms with Gasteiger partial charge in [-0.15, -0.1) is 11.8 Å². The van der Waals surface area contributed by atoms with E-state index in [0.717, 1.165) is 31.9 Å². The summed E-state index contributed by atoms with van der Waals surface area (Å²) in [5.41, 5.74) is 1.29. The summed E-state index contributed by atoms with van der Waals surface area (Å²) in [6.45, 7) is 7.93. The minimum Gasteiger partial charge on any atom is -0.296 e. The van der Waals surface area contributed by atoms with Crippen molar-refractivity contribution >= 4 is 21.6 Å². The van der Waals surface area contributed by atoms with Gasteiger partial charge in [0.1, 0.15) is 0 Å². The van der Waals surface area contributed by atoms with Crippen LogP contribution >= 0.6 is 11.8 Å². The summed E-state index contributed by atoms with van der Waals surface area (Å²) in [6.07, 6.45) is 2.21. The first-order valence-electron chi connectivity index (χ1n) is 8.94. The second-order valence-corrected chi connectivity index (χ2v) is 10.5. The number of hydrogen-bond acceptors (Lipinski definition) is 5. The third-order valence-corrected chi connectivity index (χ3v) is 7.72. The molecule has 0 unspecified atom stereocenters. The van der Waals surface area contributed by atoms with Gasteiger partial charge in [-0.2, -0.15) is 0 Å². The van der Waals surface area contributed by atoms with Crippen molar-refractivity contribution in [1.29, 1.82) is 0 Å². The molecular formula is C19H28N2O2S2. The molecule has 0 N–H and O–H groups in total. The SMILES string of the molecule is CC(C)=CCN1CCN(CCSc2ccccc2)[C@@H]2CS(=O)(=O)C[C@@H]21. The molecule has 0 spiro atoms. The van der Waals surface area contributed by atoms with Gasteiger partial charge < -0.3 is 0 Å². The number of piperazine rings is 1. The average molecular weight is 381 g/mol. The van der Waals surface area contributed by atoms with Gasteiger partial charge in [0, 0.05) is 48.9 Å². The fraction of sp³-hybridized carbons (Fsp3) is 0.579. The molecule has 0 amide bonds. The van der Waals surface area contributed by atoms with Gasteiger partial charge in [0.2, 0.25) is 0 Å². The van der Waals surface area contributed by atoms with Crippen LogP contribution in [0.15, 0.2) is 46.9 Å². The normalized spacial score (nSPS) is 26.3. The molecule has 6 heteroatoms. The van der Waals surface area contributed by atoms with Gasteiger partial charge in [-0.25, -0.2) is 8.42 Å². The maximum atomic E-state index is 12.2. The number of sulfone groups is 1. The largest absolute Gasteiger partial charge is 0.296 e. The van der Waals surface area contributed by atoms with Crippen molar-refractivity contribution in [2.45, 2.75) is 30.8 Å². The minimum absolute atomic E-state index is 0.149. The molecule has 2 heterocycles. The molecule has 0 radical (unpaired) electrons. The smallest absolute Gasteiger partial charge is 0.153 e. The van der Waals surface area contributed by atoms with Crippen molar-refractivity contribution in [3.63, 3.8) is 0 Å². The molecule has 3 rings (SSSR count). The molecule has 2 saturated heterocycles. The van der Waals surface area contributed by atoms with Crippen LogP contribution in [-0.4, -0.2) is 73.7 Å². The summed E-state index contributed by atoms with van der Waals surface area (Å²) in [7, 11) is -2.92. The van der Waals surface area contributed by atoms with Crippen LogP contribution in [0.5, 0.6) is 0 Å². The van der Waals surface area contributed by atoms with E-state index in [1.165, 1.54) is 10.5 Å². The van der Waals surface area contributed by atoms with E-state index in [1.807, 2.05) is 17.8 Å². The average Bonchev–Trinajstić information content (AvgIpc) is 2.90. The first-order chi connectivity index (χ1) is 11.9. The van der Waals surface area contributed by atoms with E-state index < -0.39 is 9.84 Å². The van der Waals surface area contributed by atoms with Crippen molar-refractivity contribution in [1.82, 2.24) is 9.80 Å². The third kappa shape index (κ3) is 5.09. The molecule has 4 nitrogen and oxygen atoms in total. The van der Waals surface area contributed by atoms with E-state index >= 15 is 0 Å². The van der Waals surface area contributed by atoms with Crippen LogP contribution in [0.25, 0.3) is 0 Å². The Morgan fingerprint density at radius 3 is 2.44 bits per heavy atom. The molecule has 2 aliphatic heterocycles. The summed E-state index contributed by atoms with van der Waals surface area (Å²) in [4.78, 5) is 6.05. The van der Waals surface area contributed by atoms with E-state index in [4.69, 9.17) is 0 Å². The summed E-state index contributed by atoms with van der Waals surface area (Å²) >= 11 is 1.85. The Bertz CT molecular complexity index is 699. The molecule has 138 valence electrons. The van der Waals surface area contributed by atoms with Crippen LogP contribution in [0.1, 0.15) is 13.8 Å². The van der Waals surface area contributed by atoms with Gasteiger partial charge in [0.25, 0.3) is 0 Å². The Labute approximate surface area is 156 Å². The number of nitrogens with zero attached hydrogens (tertiary/aromatic N) is 2. The van der Waals surface area contributed by atoms with Crippen LogP contribution in [0.4, 0.5) is 0 Å². The molecule has 0 saturated carbocycles. The number of fused-ring (bicyclic) bond motifs is 1. The van der Waals surface area contributed by atoms with Crippen molar-refractivity contribution in [3.05, 3.63) is 42.0 Å². The van der Waals surface area contributed by atoms with Crippen LogP contribution in [0.3, 0.4) is 0 Å². The number of benzene rings is 1. The van der Waals surface area contributed by atoms with Gasteiger partial charge in [-0.1, -0.05) is 29.8 Å². The maximum Gasteiger partial charge on any atom is 0.153 e. The van der Waals surface area contributed by atoms with E-state index in [-0.39, 0.29) is 12.1 Å². The Hall–Kier alpha value is -0.820. The topological polar surface area (TPSA) is 40.6 Å². The lowest BCUT2D eigenvalue weighted by molar-refractivity contribution is 0.0577. The van der Waals surface area contributed by atoms with Crippen molar-refractivity contribution < 1.29 is 8.42 Å². The molecular weight excluding hydrogens is 352 g/mol. The Kier molecular flexibility index (Phi) is 6.25. The predicted octanol–water partition coefficient (Wildman–Crippen LogP) is 2.53. The van der Waals surface area contributed by atoms with Crippen LogP contribution < -0.4 is 0 Å². The summed E-state index contributed by atoms with van der Waals surface area (Å²) in [5.74, 6) is 1.64. The Balaban J connectivity index is 1.61. The second-order valence-electron chi connectivity index (χ2n) is 7.19. The first kappa shape index (κ1) is 19.0. The number of rotatable bonds is 6. The molecule has 1 aromatic rings. The van der Waals surface area contributed by atoms with E-state index in [9.17, 15) is 8.42 Å². The van der Waals surface area contributed by atoms with E-state index in [0.29, 0.717) is 11.5 Å². The highest BCUT2D eigenvalue weighted by atomic mass is 32.2. The number of hydrogen-bond donors (Lipinski definition) is 0. The van der Waals surface area contributed by atoms with Crippen molar-refractivity contribution in [3.8, 4) is 0 Å². The Morgan fingerprint density at radius 1 is 1.12 bits per heavy atom. The van der Waals surface area contributed by atoms with E-state index in [2.05, 4.69) is 54.0 Å². The highest BCUT2D eigenvalue weighted by Crippen LogP contribution is 2.28. The van der Waals surface area contributed by atoms with Gasteiger partial charge in [0.15, 0.2) is 9.84 Å². The second kappa shape index (κ2) is 8.25. The summed E-state index contributed by atoms with van der Waals surface area (Å²) < 4.78 is 24.5. The van der Waals surface area contributed by atoms with Gasteiger partial charge >= 0.3 is 0 Å². The summed E-state index contributed by atoms with van der Waals surface area (Å²) in [6, 6.07) is 10.7. The molecule has 0 aromatic heterocycles. The third-order valence-electron chi connectivity index (χ3n) is 5.03. The van der Waals surface area contributed by atoms with Crippen LogP contribution in [0, 0.1) is 0 Å². The lowest BCUT2D eigenvalue weighted by Crippen LogP contribution is -2.59. The predicted molar refractivity (Wildman–Crippen MR) is 106 cm³/mol. The monoisotopic (exact) mass is 380 g/mol. The fourth-order valence-electron chi connectivity index (χ4n) is 3.70. The number of allylic oxidation sites excluding steroid dienone is 1. The standard InChI is InChI=1S/C19H28N2O2S2/c1-16(2)8-9-20-10-11-21(19-15-25(22,23)14-18(19)20)12-13-24-17-6-4-3-5-7-17/h3-8,18-19H,9-15H2,1-2H3/t18-,19+/m0/s1. The molecule has 25 heavy (non-hydrogen) atoms. The molecule has 0 bridgehead atoms. The highest BCUT2D eigenvalue weighted by Gasteiger charge is 2.45. The van der Waals surface area contributed by atoms with Crippen LogP contribution in [-0.2, 0) is 9.84 Å². The number of thioether (sulfide) groups is 1. The quantitative estimate of drug-likeness (QED) is 0.560. The molecule has 0 aliphatic carbocycles. The molecule has 2 fully saturated rings. The summed E-state index contributed by atoms with van der Waals surface area (Å²) in [5, 5.41) is 0. The Morgan fingerprint density at radius 2 is 1.76 bits per heavy atom. The van der Waals surface area contributed by atoms with E-state index in [1.54, 1.807) is 0 Å². The lowest BCUT2D eigenvalue weighted by Gasteiger charge is -2.43. The van der Waals surface area contributed by atoms with Crippen molar-refractivity contribution in [2.75, 3.05) is 43.4 Å². The van der Waals surface area contributed by atoms with Gasteiger partial charge in [-0.3, -0.25) is 9.80 Å². The molecule has 2 atom stereocenters. The zero-order valence-corrected chi connectivity index (χ0v) is 16.7. The zero-order valence-electron chi connectivity index (χ0n) is 15.1. The minimum atomic E-state index is -2.92. The fourth-order valence-corrected chi connectivity index (χ4v) is 6.65.